The number of nitrogens with one attached hydrogen (secondary N) is 2. The second kappa shape index (κ2) is 6.74. The average molecular weight is 341 g/mol. The number of carboxylic acid groups (broad SMARTS) is 1. The number of carboxylic acids is 1. The van der Waals surface area contributed by atoms with Crippen molar-refractivity contribution in [1.82, 2.24) is 5.32 Å². The fourth-order valence-corrected chi connectivity index (χ4v) is 2.50. The van der Waals surface area contributed by atoms with Crippen molar-refractivity contribution >= 4 is 33.6 Å². The van der Waals surface area contributed by atoms with Gasteiger partial charge >= 0.3 is 12.0 Å². The predicted octanol–water partition coefficient (Wildman–Crippen LogP) is 3.46. The number of benzene rings is 1. The van der Waals surface area contributed by atoms with E-state index in [1.807, 2.05) is 0 Å². The van der Waals surface area contributed by atoms with E-state index in [9.17, 15) is 9.59 Å². The number of carbonyl (C=O) groups is 2. The SMILES string of the molecule is O=C(NCCC1CCC1)Nc1ccc(Br)cc1C(=O)O. The Hall–Kier alpha value is -1.56. The first-order valence-electron chi connectivity index (χ1n) is 6.64. The average Bonchev–Trinajstić information content (AvgIpc) is 2.34. The summed E-state index contributed by atoms with van der Waals surface area (Å²) in [7, 11) is 0. The largest absolute Gasteiger partial charge is 0.478 e. The van der Waals surface area contributed by atoms with Crippen LogP contribution >= 0.6 is 15.9 Å². The fourth-order valence-electron chi connectivity index (χ4n) is 2.14. The molecule has 0 bridgehead atoms. The smallest absolute Gasteiger partial charge is 0.337 e. The first kappa shape index (κ1) is 14.8. The highest BCUT2D eigenvalue weighted by Gasteiger charge is 2.17. The summed E-state index contributed by atoms with van der Waals surface area (Å²) in [6, 6.07) is 4.36. The maximum atomic E-state index is 11.7. The monoisotopic (exact) mass is 340 g/mol. The highest BCUT2D eigenvalue weighted by atomic mass is 79.9. The number of amides is 2. The van der Waals surface area contributed by atoms with E-state index in [1.54, 1.807) is 12.1 Å². The van der Waals surface area contributed by atoms with Gasteiger partial charge in [-0.2, -0.15) is 0 Å². The first-order valence-corrected chi connectivity index (χ1v) is 7.43. The molecule has 2 amide bonds. The number of aromatic carboxylic acids is 1. The quantitative estimate of drug-likeness (QED) is 0.767. The second-order valence-corrected chi connectivity index (χ2v) is 5.88. The molecule has 0 aromatic heterocycles. The number of rotatable bonds is 5. The normalized spacial score (nSPS) is 14.4. The van der Waals surface area contributed by atoms with Gasteiger partial charge in [0.05, 0.1) is 11.3 Å². The van der Waals surface area contributed by atoms with Crippen molar-refractivity contribution in [2.45, 2.75) is 25.7 Å². The van der Waals surface area contributed by atoms with Gasteiger partial charge in [0.1, 0.15) is 0 Å². The Labute approximate surface area is 125 Å². The van der Waals surface area contributed by atoms with E-state index < -0.39 is 5.97 Å². The molecule has 1 aromatic rings. The molecular formula is C14H17BrN2O3. The van der Waals surface area contributed by atoms with Gasteiger partial charge in [-0.05, 0) is 30.5 Å². The Bertz CT molecular complexity index is 515. The number of halogens is 1. The zero-order valence-corrected chi connectivity index (χ0v) is 12.6. The molecule has 2 rings (SSSR count). The van der Waals surface area contributed by atoms with Crippen LogP contribution in [0.3, 0.4) is 0 Å². The Kier molecular flexibility index (Phi) is 5.00. The lowest BCUT2D eigenvalue weighted by molar-refractivity contribution is 0.0698. The van der Waals surface area contributed by atoms with Crippen molar-refractivity contribution in [2.75, 3.05) is 11.9 Å². The topological polar surface area (TPSA) is 78.4 Å². The molecule has 3 N–H and O–H groups in total. The predicted molar refractivity (Wildman–Crippen MR) is 80.1 cm³/mol. The molecule has 0 heterocycles. The van der Waals surface area contributed by atoms with Crippen LogP contribution in [0.5, 0.6) is 0 Å². The van der Waals surface area contributed by atoms with E-state index in [1.165, 1.54) is 25.3 Å². The second-order valence-electron chi connectivity index (χ2n) is 4.96. The highest BCUT2D eigenvalue weighted by molar-refractivity contribution is 9.10. The van der Waals surface area contributed by atoms with Crippen LogP contribution in [0, 0.1) is 5.92 Å². The van der Waals surface area contributed by atoms with Gasteiger partial charge in [-0.25, -0.2) is 9.59 Å². The van der Waals surface area contributed by atoms with Crippen LogP contribution in [0.25, 0.3) is 0 Å². The third kappa shape index (κ3) is 3.96. The summed E-state index contributed by atoms with van der Waals surface area (Å²) in [5.74, 6) is -0.339. The first-order chi connectivity index (χ1) is 9.56. The molecule has 0 radical (unpaired) electrons. The molecule has 1 aliphatic carbocycles. The van der Waals surface area contributed by atoms with Crippen LogP contribution in [-0.2, 0) is 0 Å². The van der Waals surface area contributed by atoms with Crippen LogP contribution < -0.4 is 10.6 Å². The number of hydrogen-bond donors (Lipinski definition) is 3. The van der Waals surface area contributed by atoms with Gasteiger partial charge in [-0.1, -0.05) is 35.2 Å². The summed E-state index contributed by atoms with van der Waals surface area (Å²) >= 11 is 3.21. The fraction of sp³-hybridized carbons (Fsp3) is 0.429. The van der Waals surface area contributed by atoms with Gasteiger partial charge in [0.25, 0.3) is 0 Å². The standard InChI is InChI=1S/C14H17BrN2O3/c15-10-4-5-12(11(8-10)13(18)19)17-14(20)16-7-6-9-2-1-3-9/h4-5,8-9H,1-3,6-7H2,(H,18,19)(H2,16,17,20). The molecule has 0 saturated heterocycles. The number of carbonyl (C=O) groups excluding carboxylic acids is 1. The molecule has 0 unspecified atom stereocenters. The minimum Gasteiger partial charge on any atom is -0.478 e. The van der Waals surface area contributed by atoms with Gasteiger partial charge in [-0.15, -0.1) is 0 Å². The molecule has 6 heteroatoms. The van der Waals surface area contributed by atoms with Gasteiger partial charge in [-0.3, -0.25) is 0 Å². The molecule has 108 valence electrons. The molecule has 1 aliphatic rings. The van der Waals surface area contributed by atoms with E-state index in [0.29, 0.717) is 16.7 Å². The van der Waals surface area contributed by atoms with Crippen molar-refractivity contribution in [2.24, 2.45) is 5.92 Å². The lowest BCUT2D eigenvalue weighted by Gasteiger charge is -2.25. The van der Waals surface area contributed by atoms with Crippen LogP contribution in [0.1, 0.15) is 36.0 Å². The maximum absolute atomic E-state index is 11.7. The zero-order chi connectivity index (χ0) is 14.5. The van der Waals surface area contributed by atoms with Gasteiger partial charge in [0.2, 0.25) is 0 Å². The molecule has 20 heavy (non-hydrogen) atoms. The molecule has 0 atom stereocenters. The van der Waals surface area contributed by atoms with Crippen molar-refractivity contribution in [3.63, 3.8) is 0 Å². The Morgan fingerprint density at radius 3 is 2.70 bits per heavy atom. The minimum absolute atomic E-state index is 0.0634. The van der Waals surface area contributed by atoms with Crippen LogP contribution in [0.4, 0.5) is 10.5 Å². The summed E-state index contributed by atoms with van der Waals surface area (Å²) in [5.41, 5.74) is 0.357. The number of urea groups is 1. The molecule has 1 fully saturated rings. The summed E-state index contributed by atoms with van der Waals surface area (Å²) in [4.78, 5) is 22.8. The van der Waals surface area contributed by atoms with Crippen molar-refractivity contribution in [1.29, 1.82) is 0 Å². The van der Waals surface area contributed by atoms with Gasteiger partial charge in [0, 0.05) is 11.0 Å². The third-order valence-electron chi connectivity index (χ3n) is 3.52. The van der Waals surface area contributed by atoms with E-state index in [0.717, 1.165) is 12.3 Å². The van der Waals surface area contributed by atoms with Crippen molar-refractivity contribution in [3.8, 4) is 0 Å². The van der Waals surface area contributed by atoms with E-state index in [2.05, 4.69) is 26.6 Å². The molecule has 1 saturated carbocycles. The minimum atomic E-state index is -1.07. The van der Waals surface area contributed by atoms with E-state index in [4.69, 9.17) is 5.11 Å². The van der Waals surface area contributed by atoms with E-state index in [-0.39, 0.29) is 11.6 Å². The lowest BCUT2D eigenvalue weighted by atomic mass is 9.83. The van der Waals surface area contributed by atoms with Crippen molar-refractivity contribution < 1.29 is 14.7 Å². The van der Waals surface area contributed by atoms with Crippen molar-refractivity contribution in [3.05, 3.63) is 28.2 Å². The lowest BCUT2D eigenvalue weighted by Crippen LogP contribution is -2.31. The van der Waals surface area contributed by atoms with Gasteiger partial charge in [0.15, 0.2) is 0 Å². The van der Waals surface area contributed by atoms with Crippen LogP contribution in [0.2, 0.25) is 0 Å². The third-order valence-corrected chi connectivity index (χ3v) is 4.02. The molecule has 5 nitrogen and oxygen atoms in total. The highest BCUT2D eigenvalue weighted by Crippen LogP contribution is 2.28. The van der Waals surface area contributed by atoms with Crippen LogP contribution in [0.15, 0.2) is 22.7 Å². The Morgan fingerprint density at radius 2 is 2.10 bits per heavy atom. The zero-order valence-electron chi connectivity index (χ0n) is 11.0. The maximum Gasteiger partial charge on any atom is 0.337 e. The molecular weight excluding hydrogens is 324 g/mol. The van der Waals surface area contributed by atoms with Crippen LogP contribution in [-0.4, -0.2) is 23.7 Å². The summed E-state index contributed by atoms with van der Waals surface area (Å²) < 4.78 is 0.658. The number of hydrogen-bond acceptors (Lipinski definition) is 2. The Balaban J connectivity index is 1.88. The molecule has 0 aliphatic heterocycles. The summed E-state index contributed by atoms with van der Waals surface area (Å²) in [6.45, 7) is 0.620. The summed E-state index contributed by atoms with van der Waals surface area (Å²) in [5, 5.41) is 14.4. The Morgan fingerprint density at radius 1 is 1.35 bits per heavy atom. The van der Waals surface area contributed by atoms with Gasteiger partial charge < -0.3 is 15.7 Å². The molecule has 0 spiro atoms. The molecule has 1 aromatic carbocycles. The number of anilines is 1. The van der Waals surface area contributed by atoms with E-state index >= 15 is 0 Å². The summed E-state index contributed by atoms with van der Waals surface area (Å²) in [6.07, 6.45) is 4.77.